The third kappa shape index (κ3) is 4.89. The minimum Gasteiger partial charge on any atom is -0.311 e. The van der Waals surface area contributed by atoms with Gasteiger partial charge in [0, 0.05) is 25.7 Å². The molecule has 0 bridgehead atoms. The molecule has 7 heteroatoms. The zero-order valence-corrected chi connectivity index (χ0v) is 15.9. The maximum absolute atomic E-state index is 13.3. The summed E-state index contributed by atoms with van der Waals surface area (Å²) in [6, 6.07) is 11.2. The van der Waals surface area contributed by atoms with E-state index in [0.717, 1.165) is 18.1 Å². The molecule has 1 N–H and O–H groups in total. The van der Waals surface area contributed by atoms with E-state index in [2.05, 4.69) is 4.72 Å². The zero-order chi connectivity index (χ0) is 19.3. The van der Waals surface area contributed by atoms with Crippen molar-refractivity contribution in [3.8, 4) is 0 Å². The summed E-state index contributed by atoms with van der Waals surface area (Å²) in [6.07, 6.45) is 0.900. The Morgan fingerprint density at radius 3 is 2.35 bits per heavy atom. The standard InChI is InChI=1S/C19H23FN2O3S/c1-4-16-5-7-17(8-6-16)22(15(3)23)12-11-21-26(24,25)18-9-10-19(20)14(2)13-18/h5-10,13,21H,4,11-12H2,1-3H3. The van der Waals surface area contributed by atoms with Crippen LogP contribution in [0.1, 0.15) is 25.0 Å². The smallest absolute Gasteiger partial charge is 0.240 e. The lowest BCUT2D eigenvalue weighted by molar-refractivity contribution is -0.116. The number of hydrogen-bond acceptors (Lipinski definition) is 3. The summed E-state index contributed by atoms with van der Waals surface area (Å²) < 4.78 is 40.4. The summed E-state index contributed by atoms with van der Waals surface area (Å²) in [5, 5.41) is 0. The highest BCUT2D eigenvalue weighted by atomic mass is 32.2. The van der Waals surface area contributed by atoms with Gasteiger partial charge in [-0.3, -0.25) is 4.79 Å². The molecule has 2 aromatic carbocycles. The molecule has 0 radical (unpaired) electrons. The van der Waals surface area contributed by atoms with E-state index >= 15 is 0 Å². The van der Waals surface area contributed by atoms with Crippen molar-refractivity contribution in [1.29, 1.82) is 0 Å². The molecule has 0 fully saturated rings. The quantitative estimate of drug-likeness (QED) is 0.805. The van der Waals surface area contributed by atoms with Gasteiger partial charge in [-0.1, -0.05) is 19.1 Å². The van der Waals surface area contributed by atoms with E-state index in [1.165, 1.54) is 30.9 Å². The van der Waals surface area contributed by atoms with Crippen molar-refractivity contribution in [2.24, 2.45) is 0 Å². The number of nitrogens with one attached hydrogen (secondary N) is 1. The molecular weight excluding hydrogens is 355 g/mol. The molecule has 0 saturated heterocycles. The summed E-state index contributed by atoms with van der Waals surface area (Å²) in [4.78, 5) is 13.4. The number of carbonyl (C=O) groups is 1. The monoisotopic (exact) mass is 378 g/mol. The molecule has 0 unspecified atom stereocenters. The van der Waals surface area contributed by atoms with Gasteiger partial charge >= 0.3 is 0 Å². The van der Waals surface area contributed by atoms with Gasteiger partial charge < -0.3 is 4.90 Å². The predicted octanol–water partition coefficient (Wildman–Crippen LogP) is 3.03. The summed E-state index contributed by atoms with van der Waals surface area (Å²) in [7, 11) is -3.77. The third-order valence-corrected chi connectivity index (χ3v) is 5.56. The first-order chi connectivity index (χ1) is 12.2. The zero-order valence-electron chi connectivity index (χ0n) is 15.1. The van der Waals surface area contributed by atoms with Crippen LogP contribution >= 0.6 is 0 Å². The Morgan fingerprint density at radius 1 is 1.15 bits per heavy atom. The molecule has 0 heterocycles. The molecule has 140 valence electrons. The maximum Gasteiger partial charge on any atom is 0.240 e. The molecule has 1 amide bonds. The van der Waals surface area contributed by atoms with Crippen molar-refractivity contribution in [3.63, 3.8) is 0 Å². The number of hydrogen-bond donors (Lipinski definition) is 1. The van der Waals surface area contributed by atoms with Crippen LogP contribution in [0.2, 0.25) is 0 Å². The average Bonchev–Trinajstić information content (AvgIpc) is 2.61. The highest BCUT2D eigenvalue weighted by molar-refractivity contribution is 7.89. The van der Waals surface area contributed by atoms with Crippen LogP contribution in [-0.2, 0) is 21.2 Å². The van der Waals surface area contributed by atoms with Crippen molar-refractivity contribution < 1.29 is 17.6 Å². The Kier molecular flexibility index (Phi) is 6.50. The summed E-state index contributed by atoms with van der Waals surface area (Å²) in [6.45, 7) is 5.23. The molecular formula is C19H23FN2O3S. The number of sulfonamides is 1. The van der Waals surface area contributed by atoms with Crippen molar-refractivity contribution in [2.45, 2.75) is 32.1 Å². The van der Waals surface area contributed by atoms with Crippen molar-refractivity contribution in [1.82, 2.24) is 4.72 Å². The first kappa shape index (κ1) is 20.1. The van der Waals surface area contributed by atoms with Crippen LogP contribution in [0.15, 0.2) is 47.4 Å². The summed E-state index contributed by atoms with van der Waals surface area (Å²) in [5.74, 6) is -0.631. The van der Waals surface area contributed by atoms with E-state index in [4.69, 9.17) is 0 Å². The fourth-order valence-electron chi connectivity index (χ4n) is 2.54. The number of aryl methyl sites for hydroxylation is 2. The number of nitrogens with zero attached hydrogens (tertiary/aromatic N) is 1. The highest BCUT2D eigenvalue weighted by Crippen LogP contribution is 2.17. The van der Waals surface area contributed by atoms with Crippen molar-refractivity contribution in [3.05, 3.63) is 59.4 Å². The second-order valence-electron chi connectivity index (χ2n) is 6.00. The fraction of sp³-hybridized carbons (Fsp3) is 0.316. The van der Waals surface area contributed by atoms with Gasteiger partial charge in [0.15, 0.2) is 0 Å². The van der Waals surface area contributed by atoms with Gasteiger partial charge in [-0.2, -0.15) is 0 Å². The normalized spacial score (nSPS) is 11.4. The van der Waals surface area contributed by atoms with Gasteiger partial charge in [-0.25, -0.2) is 17.5 Å². The largest absolute Gasteiger partial charge is 0.311 e. The van der Waals surface area contributed by atoms with E-state index in [-0.39, 0.29) is 29.5 Å². The second-order valence-corrected chi connectivity index (χ2v) is 7.77. The molecule has 0 spiro atoms. The third-order valence-electron chi connectivity index (χ3n) is 4.10. The van der Waals surface area contributed by atoms with E-state index in [9.17, 15) is 17.6 Å². The van der Waals surface area contributed by atoms with Crippen molar-refractivity contribution >= 4 is 21.6 Å². The van der Waals surface area contributed by atoms with Gasteiger partial charge in [0.05, 0.1) is 4.90 Å². The first-order valence-electron chi connectivity index (χ1n) is 8.37. The summed E-state index contributed by atoms with van der Waals surface area (Å²) in [5.41, 5.74) is 2.13. The number of carbonyl (C=O) groups excluding carboxylic acids is 1. The first-order valence-corrected chi connectivity index (χ1v) is 9.85. The van der Waals surface area contributed by atoms with Crippen LogP contribution in [-0.4, -0.2) is 27.4 Å². The van der Waals surface area contributed by atoms with E-state index in [0.29, 0.717) is 5.69 Å². The Hall–Kier alpha value is -2.25. The molecule has 0 atom stereocenters. The summed E-state index contributed by atoms with van der Waals surface area (Å²) >= 11 is 0. The molecule has 5 nitrogen and oxygen atoms in total. The highest BCUT2D eigenvalue weighted by Gasteiger charge is 2.17. The Morgan fingerprint density at radius 2 is 1.81 bits per heavy atom. The van der Waals surface area contributed by atoms with Crippen LogP contribution in [0, 0.1) is 12.7 Å². The van der Waals surface area contributed by atoms with Gasteiger partial charge in [-0.15, -0.1) is 0 Å². The molecule has 26 heavy (non-hydrogen) atoms. The predicted molar refractivity (Wildman–Crippen MR) is 100 cm³/mol. The van der Waals surface area contributed by atoms with E-state index in [1.54, 1.807) is 0 Å². The molecule has 2 rings (SSSR count). The number of rotatable bonds is 7. The van der Waals surface area contributed by atoms with Gasteiger partial charge in [0.1, 0.15) is 5.82 Å². The van der Waals surface area contributed by atoms with Gasteiger partial charge in [0.25, 0.3) is 0 Å². The Labute approximate surface area is 153 Å². The lowest BCUT2D eigenvalue weighted by atomic mass is 10.1. The SMILES string of the molecule is CCc1ccc(N(CCNS(=O)(=O)c2ccc(F)c(C)c2)C(C)=O)cc1. The molecule has 0 aromatic heterocycles. The minimum absolute atomic E-state index is 0.00178. The number of amides is 1. The van der Waals surface area contributed by atoms with Gasteiger partial charge in [-0.05, 0) is 54.8 Å². The van der Waals surface area contributed by atoms with Crippen LogP contribution in [0.25, 0.3) is 0 Å². The second kappa shape index (κ2) is 8.42. The topological polar surface area (TPSA) is 66.5 Å². The molecule has 0 aliphatic carbocycles. The van der Waals surface area contributed by atoms with Crippen LogP contribution in [0.3, 0.4) is 0 Å². The van der Waals surface area contributed by atoms with Crippen LogP contribution in [0.4, 0.5) is 10.1 Å². The van der Waals surface area contributed by atoms with Crippen molar-refractivity contribution in [2.75, 3.05) is 18.0 Å². The molecule has 2 aromatic rings. The lowest BCUT2D eigenvalue weighted by Crippen LogP contribution is -2.37. The van der Waals surface area contributed by atoms with Gasteiger partial charge in [0.2, 0.25) is 15.9 Å². The van der Waals surface area contributed by atoms with Crippen LogP contribution in [0.5, 0.6) is 0 Å². The number of anilines is 1. The molecule has 0 aliphatic heterocycles. The Balaban J connectivity index is 2.06. The molecule has 0 aliphatic rings. The maximum atomic E-state index is 13.3. The minimum atomic E-state index is -3.77. The Bertz CT molecular complexity index is 880. The fourth-order valence-corrected chi connectivity index (χ4v) is 3.65. The lowest BCUT2D eigenvalue weighted by Gasteiger charge is -2.21. The average molecular weight is 378 g/mol. The molecule has 0 saturated carbocycles. The number of benzene rings is 2. The number of halogens is 1. The van der Waals surface area contributed by atoms with E-state index < -0.39 is 15.8 Å². The van der Waals surface area contributed by atoms with E-state index in [1.807, 2.05) is 31.2 Å². The van der Waals surface area contributed by atoms with Crippen LogP contribution < -0.4 is 9.62 Å².